The molecule has 0 atom stereocenters. The first kappa shape index (κ1) is 11.7. The number of aromatic carboxylic acids is 1. The Morgan fingerprint density at radius 3 is 2.53 bits per heavy atom. The van der Waals surface area contributed by atoms with Crippen LogP contribution in [0, 0.1) is 5.82 Å². The van der Waals surface area contributed by atoms with Crippen molar-refractivity contribution in [1.29, 1.82) is 0 Å². The standard InChI is InChI=1S/C12H9FO3S/c13-8-1-4-10(5-2-8)17-7-9-3-6-11(16-9)12(14)15/h1-6H,7H2,(H,14,15). The molecule has 0 unspecified atom stereocenters. The Balaban J connectivity index is 1.97. The van der Waals surface area contributed by atoms with Crippen LogP contribution in [0.15, 0.2) is 45.7 Å². The summed E-state index contributed by atoms with van der Waals surface area (Å²) >= 11 is 1.45. The Morgan fingerprint density at radius 2 is 1.94 bits per heavy atom. The van der Waals surface area contributed by atoms with Gasteiger partial charge in [-0.1, -0.05) is 0 Å². The van der Waals surface area contributed by atoms with Crippen LogP contribution >= 0.6 is 11.8 Å². The lowest BCUT2D eigenvalue weighted by Crippen LogP contribution is -1.91. The summed E-state index contributed by atoms with van der Waals surface area (Å²) in [4.78, 5) is 11.5. The van der Waals surface area contributed by atoms with Crippen LogP contribution in [0.1, 0.15) is 16.3 Å². The predicted octanol–water partition coefficient (Wildman–Crippen LogP) is 3.41. The molecular weight excluding hydrogens is 243 g/mol. The van der Waals surface area contributed by atoms with Crippen LogP contribution in [0.2, 0.25) is 0 Å². The van der Waals surface area contributed by atoms with Crippen molar-refractivity contribution >= 4 is 17.7 Å². The van der Waals surface area contributed by atoms with Crippen molar-refractivity contribution in [2.24, 2.45) is 0 Å². The van der Waals surface area contributed by atoms with Crippen molar-refractivity contribution in [1.82, 2.24) is 0 Å². The van der Waals surface area contributed by atoms with Crippen LogP contribution in [0.25, 0.3) is 0 Å². The molecule has 88 valence electrons. The highest BCUT2D eigenvalue weighted by Gasteiger charge is 2.08. The number of benzene rings is 1. The van der Waals surface area contributed by atoms with Gasteiger partial charge in [-0.3, -0.25) is 0 Å². The third-order valence-electron chi connectivity index (χ3n) is 2.07. The minimum Gasteiger partial charge on any atom is -0.475 e. The monoisotopic (exact) mass is 252 g/mol. The maximum atomic E-state index is 12.6. The van der Waals surface area contributed by atoms with Crippen LogP contribution in [0.4, 0.5) is 4.39 Å². The molecule has 0 bridgehead atoms. The molecule has 0 fully saturated rings. The van der Waals surface area contributed by atoms with Gasteiger partial charge in [0.2, 0.25) is 5.76 Å². The van der Waals surface area contributed by atoms with Gasteiger partial charge in [0.1, 0.15) is 11.6 Å². The lowest BCUT2D eigenvalue weighted by Gasteiger charge is -1.98. The van der Waals surface area contributed by atoms with Crippen LogP contribution in [-0.2, 0) is 5.75 Å². The highest BCUT2D eigenvalue weighted by atomic mass is 32.2. The molecule has 3 nitrogen and oxygen atoms in total. The zero-order valence-corrected chi connectivity index (χ0v) is 9.54. The van der Waals surface area contributed by atoms with E-state index in [0.29, 0.717) is 11.5 Å². The van der Waals surface area contributed by atoms with E-state index in [9.17, 15) is 9.18 Å². The van der Waals surface area contributed by atoms with E-state index in [2.05, 4.69) is 0 Å². The van der Waals surface area contributed by atoms with E-state index in [1.165, 1.54) is 30.0 Å². The van der Waals surface area contributed by atoms with Gasteiger partial charge in [-0.25, -0.2) is 9.18 Å². The number of hydrogen-bond donors (Lipinski definition) is 1. The normalized spacial score (nSPS) is 10.4. The van der Waals surface area contributed by atoms with Crippen LogP contribution in [0.5, 0.6) is 0 Å². The molecule has 0 aliphatic rings. The Labute approximate surface area is 101 Å². The molecule has 1 heterocycles. The fourth-order valence-corrected chi connectivity index (χ4v) is 2.05. The van der Waals surface area contributed by atoms with Crippen LogP contribution < -0.4 is 0 Å². The molecule has 0 amide bonds. The fourth-order valence-electron chi connectivity index (χ4n) is 1.26. The van der Waals surface area contributed by atoms with Crippen molar-refractivity contribution in [2.75, 3.05) is 0 Å². The first-order valence-electron chi connectivity index (χ1n) is 4.85. The molecule has 1 aromatic heterocycles. The highest BCUT2D eigenvalue weighted by Crippen LogP contribution is 2.23. The number of carboxylic acids is 1. The fraction of sp³-hybridized carbons (Fsp3) is 0.0833. The van der Waals surface area contributed by atoms with Crippen molar-refractivity contribution < 1.29 is 18.7 Å². The summed E-state index contributed by atoms with van der Waals surface area (Å²) in [7, 11) is 0. The molecule has 0 aliphatic heterocycles. The zero-order chi connectivity index (χ0) is 12.3. The number of thioether (sulfide) groups is 1. The van der Waals surface area contributed by atoms with Crippen molar-refractivity contribution in [3.05, 3.63) is 53.7 Å². The summed E-state index contributed by atoms with van der Waals surface area (Å²) in [6.45, 7) is 0. The average Bonchev–Trinajstić information content (AvgIpc) is 2.77. The number of carboxylic acid groups (broad SMARTS) is 1. The molecule has 0 radical (unpaired) electrons. The molecule has 0 spiro atoms. The Bertz CT molecular complexity index is 519. The minimum absolute atomic E-state index is 0.0697. The second-order valence-electron chi connectivity index (χ2n) is 3.31. The SMILES string of the molecule is O=C(O)c1ccc(CSc2ccc(F)cc2)o1. The van der Waals surface area contributed by atoms with Crippen molar-refractivity contribution in [2.45, 2.75) is 10.6 Å². The third-order valence-corrected chi connectivity index (χ3v) is 3.10. The van der Waals surface area contributed by atoms with Gasteiger partial charge >= 0.3 is 5.97 Å². The summed E-state index contributed by atoms with van der Waals surface area (Å²) < 4.78 is 17.7. The van der Waals surface area contributed by atoms with Gasteiger partial charge in [0.15, 0.2) is 0 Å². The molecule has 5 heteroatoms. The quantitative estimate of drug-likeness (QED) is 0.847. The highest BCUT2D eigenvalue weighted by molar-refractivity contribution is 7.98. The van der Waals surface area contributed by atoms with Crippen LogP contribution in [0.3, 0.4) is 0 Å². The summed E-state index contributed by atoms with van der Waals surface area (Å²) in [6.07, 6.45) is 0. The summed E-state index contributed by atoms with van der Waals surface area (Å²) in [5.41, 5.74) is 0. The molecule has 17 heavy (non-hydrogen) atoms. The number of carbonyl (C=O) groups is 1. The molecule has 1 aromatic carbocycles. The van der Waals surface area contributed by atoms with E-state index in [4.69, 9.17) is 9.52 Å². The average molecular weight is 252 g/mol. The van der Waals surface area contributed by atoms with Crippen LogP contribution in [-0.4, -0.2) is 11.1 Å². The van der Waals surface area contributed by atoms with E-state index in [-0.39, 0.29) is 11.6 Å². The first-order chi connectivity index (χ1) is 8.15. The Morgan fingerprint density at radius 1 is 1.24 bits per heavy atom. The minimum atomic E-state index is -1.08. The van der Waals surface area contributed by atoms with Gasteiger partial charge < -0.3 is 9.52 Å². The molecule has 2 rings (SSSR count). The Hall–Kier alpha value is -1.75. The van der Waals surface area contributed by atoms with Gasteiger partial charge in [-0.15, -0.1) is 11.8 Å². The summed E-state index contributed by atoms with van der Waals surface area (Å²) in [5.74, 6) is -0.334. The van der Waals surface area contributed by atoms with Crippen molar-refractivity contribution in [3.63, 3.8) is 0 Å². The van der Waals surface area contributed by atoms with E-state index in [1.807, 2.05) is 0 Å². The third kappa shape index (κ3) is 3.10. The lowest BCUT2D eigenvalue weighted by molar-refractivity contribution is 0.0661. The van der Waals surface area contributed by atoms with Gasteiger partial charge in [0.05, 0.1) is 5.75 Å². The first-order valence-corrected chi connectivity index (χ1v) is 5.84. The lowest BCUT2D eigenvalue weighted by atomic mass is 10.4. The van der Waals surface area contributed by atoms with Gasteiger partial charge in [-0.2, -0.15) is 0 Å². The van der Waals surface area contributed by atoms with E-state index >= 15 is 0 Å². The number of hydrogen-bond acceptors (Lipinski definition) is 3. The zero-order valence-electron chi connectivity index (χ0n) is 8.72. The summed E-state index contributed by atoms with van der Waals surface area (Å²) in [6, 6.07) is 9.14. The largest absolute Gasteiger partial charge is 0.475 e. The molecule has 0 aliphatic carbocycles. The van der Waals surface area contributed by atoms with Gasteiger partial charge in [0.25, 0.3) is 0 Å². The summed E-state index contributed by atoms with van der Waals surface area (Å²) in [5, 5.41) is 8.67. The van der Waals surface area contributed by atoms with Gasteiger partial charge in [-0.05, 0) is 36.4 Å². The second kappa shape index (κ2) is 5.05. The van der Waals surface area contributed by atoms with E-state index in [1.54, 1.807) is 18.2 Å². The smallest absolute Gasteiger partial charge is 0.371 e. The topological polar surface area (TPSA) is 50.4 Å². The van der Waals surface area contributed by atoms with Gasteiger partial charge in [0, 0.05) is 4.90 Å². The molecule has 2 aromatic rings. The molecule has 0 saturated carbocycles. The predicted molar refractivity (Wildman–Crippen MR) is 61.6 cm³/mol. The second-order valence-corrected chi connectivity index (χ2v) is 4.36. The molecule has 0 saturated heterocycles. The maximum Gasteiger partial charge on any atom is 0.371 e. The number of halogens is 1. The Kier molecular flexibility index (Phi) is 3.49. The number of furan rings is 1. The molecule has 1 N–H and O–H groups in total. The van der Waals surface area contributed by atoms with E-state index in [0.717, 1.165) is 4.90 Å². The molecular formula is C12H9FO3S. The van der Waals surface area contributed by atoms with E-state index < -0.39 is 5.97 Å². The maximum absolute atomic E-state index is 12.6. The van der Waals surface area contributed by atoms with Crippen molar-refractivity contribution in [3.8, 4) is 0 Å². The number of rotatable bonds is 4.